The zero-order valence-electron chi connectivity index (χ0n) is 12.3. The van der Waals surface area contributed by atoms with Crippen LogP contribution in [0.4, 0.5) is 17.1 Å². The fourth-order valence-electron chi connectivity index (χ4n) is 2.42. The minimum Gasteiger partial charge on any atom is -0.495 e. The zero-order valence-corrected chi connectivity index (χ0v) is 12.3. The molecule has 1 heterocycles. The van der Waals surface area contributed by atoms with Crippen molar-refractivity contribution < 1.29 is 9.53 Å². The Balaban J connectivity index is 1.70. The molecule has 0 fully saturated rings. The maximum absolute atomic E-state index is 11.4. The lowest BCUT2D eigenvalue weighted by atomic mass is 10.1. The van der Waals surface area contributed by atoms with Crippen molar-refractivity contribution in [3.8, 4) is 5.75 Å². The molecule has 0 spiro atoms. The summed E-state index contributed by atoms with van der Waals surface area (Å²) in [5.41, 5.74) is 3.57. The summed E-state index contributed by atoms with van der Waals surface area (Å²) < 4.78 is 5.29. The number of anilines is 3. The number of methoxy groups -OCH3 is 1. The molecular formula is C17H17N3O2. The van der Waals surface area contributed by atoms with Crippen LogP contribution in [0.3, 0.4) is 0 Å². The molecule has 0 unspecified atom stereocenters. The van der Waals surface area contributed by atoms with Crippen LogP contribution in [0.1, 0.15) is 5.56 Å². The lowest BCUT2D eigenvalue weighted by Gasteiger charge is -2.15. The Morgan fingerprint density at radius 1 is 1.23 bits per heavy atom. The number of hydrogen-bond donors (Lipinski definition) is 3. The van der Waals surface area contributed by atoms with Gasteiger partial charge in [-0.15, -0.1) is 0 Å². The molecule has 112 valence electrons. The monoisotopic (exact) mass is 295 g/mol. The van der Waals surface area contributed by atoms with Gasteiger partial charge >= 0.3 is 0 Å². The standard InChI is InChI=1S/C17H17N3O2/c1-11(19-15-5-3-4-6-16(15)22-2)18-13-7-8-14-12(9-13)10-17(21)20-14/h3-9,18-19H,1,10H2,2H3,(H,20,21). The summed E-state index contributed by atoms with van der Waals surface area (Å²) >= 11 is 0. The first kappa shape index (κ1) is 14.0. The summed E-state index contributed by atoms with van der Waals surface area (Å²) in [6.07, 6.45) is 0.414. The van der Waals surface area contributed by atoms with Crippen molar-refractivity contribution in [2.75, 3.05) is 23.1 Å². The highest BCUT2D eigenvalue weighted by molar-refractivity contribution is 5.99. The van der Waals surface area contributed by atoms with Gasteiger partial charge in [0.15, 0.2) is 0 Å². The van der Waals surface area contributed by atoms with Gasteiger partial charge < -0.3 is 20.7 Å². The van der Waals surface area contributed by atoms with E-state index in [2.05, 4.69) is 22.5 Å². The van der Waals surface area contributed by atoms with E-state index in [-0.39, 0.29) is 5.91 Å². The van der Waals surface area contributed by atoms with Gasteiger partial charge in [-0.3, -0.25) is 4.79 Å². The van der Waals surface area contributed by atoms with Crippen molar-refractivity contribution in [2.45, 2.75) is 6.42 Å². The van der Waals surface area contributed by atoms with E-state index in [0.29, 0.717) is 12.2 Å². The largest absolute Gasteiger partial charge is 0.495 e. The smallest absolute Gasteiger partial charge is 0.228 e. The lowest BCUT2D eigenvalue weighted by Crippen LogP contribution is -2.09. The molecule has 0 saturated heterocycles. The van der Waals surface area contributed by atoms with Crippen molar-refractivity contribution >= 4 is 23.0 Å². The number of benzene rings is 2. The third kappa shape index (κ3) is 2.88. The number of para-hydroxylation sites is 2. The van der Waals surface area contributed by atoms with E-state index >= 15 is 0 Å². The Hall–Kier alpha value is -2.95. The van der Waals surface area contributed by atoms with Gasteiger partial charge in [0.2, 0.25) is 5.91 Å². The molecule has 3 rings (SSSR count). The van der Waals surface area contributed by atoms with Crippen LogP contribution in [-0.4, -0.2) is 13.0 Å². The third-order valence-electron chi connectivity index (χ3n) is 3.42. The van der Waals surface area contributed by atoms with E-state index < -0.39 is 0 Å². The van der Waals surface area contributed by atoms with Crippen LogP contribution in [0.2, 0.25) is 0 Å². The number of carbonyl (C=O) groups is 1. The second-order valence-corrected chi connectivity index (χ2v) is 5.03. The van der Waals surface area contributed by atoms with Crippen LogP contribution in [-0.2, 0) is 11.2 Å². The predicted molar refractivity (Wildman–Crippen MR) is 88.2 cm³/mol. The predicted octanol–water partition coefficient (Wildman–Crippen LogP) is 3.19. The summed E-state index contributed by atoms with van der Waals surface area (Å²) in [4.78, 5) is 11.4. The number of ether oxygens (including phenoxy) is 1. The van der Waals surface area contributed by atoms with Gasteiger partial charge in [0.25, 0.3) is 0 Å². The quantitative estimate of drug-likeness (QED) is 0.793. The van der Waals surface area contributed by atoms with Crippen LogP contribution >= 0.6 is 0 Å². The molecule has 5 nitrogen and oxygen atoms in total. The molecule has 1 aliphatic rings. The molecule has 1 amide bonds. The van der Waals surface area contributed by atoms with Gasteiger partial charge in [0.05, 0.1) is 19.2 Å². The van der Waals surface area contributed by atoms with Crippen LogP contribution in [0.25, 0.3) is 0 Å². The lowest BCUT2D eigenvalue weighted by molar-refractivity contribution is -0.115. The van der Waals surface area contributed by atoms with Gasteiger partial charge in [0.1, 0.15) is 11.6 Å². The normalized spacial score (nSPS) is 12.3. The molecule has 2 aromatic rings. The molecule has 0 atom stereocenters. The molecule has 1 aliphatic heterocycles. The van der Waals surface area contributed by atoms with Crippen LogP contribution in [0.5, 0.6) is 5.75 Å². The average molecular weight is 295 g/mol. The van der Waals surface area contributed by atoms with Gasteiger partial charge in [-0.1, -0.05) is 18.7 Å². The first-order valence-corrected chi connectivity index (χ1v) is 6.94. The number of nitrogens with one attached hydrogen (secondary N) is 3. The fourth-order valence-corrected chi connectivity index (χ4v) is 2.42. The number of fused-ring (bicyclic) bond motifs is 1. The summed E-state index contributed by atoms with van der Waals surface area (Å²) in [5.74, 6) is 1.40. The van der Waals surface area contributed by atoms with Crippen molar-refractivity contribution in [1.82, 2.24) is 0 Å². The SMILES string of the molecule is C=C(Nc1ccc2c(c1)CC(=O)N2)Nc1ccccc1OC. The zero-order chi connectivity index (χ0) is 15.5. The molecule has 5 heteroatoms. The molecule has 0 aliphatic carbocycles. The Morgan fingerprint density at radius 3 is 2.86 bits per heavy atom. The van der Waals surface area contributed by atoms with E-state index in [1.54, 1.807) is 7.11 Å². The Kier molecular flexibility index (Phi) is 3.70. The first-order chi connectivity index (χ1) is 10.7. The first-order valence-electron chi connectivity index (χ1n) is 6.94. The van der Waals surface area contributed by atoms with Gasteiger partial charge in [-0.2, -0.15) is 0 Å². The van der Waals surface area contributed by atoms with Gasteiger partial charge in [-0.05, 0) is 35.9 Å². The molecule has 22 heavy (non-hydrogen) atoms. The van der Waals surface area contributed by atoms with E-state index in [9.17, 15) is 4.79 Å². The molecule has 2 aromatic carbocycles. The highest BCUT2D eigenvalue weighted by Gasteiger charge is 2.17. The van der Waals surface area contributed by atoms with Crippen molar-refractivity contribution in [3.63, 3.8) is 0 Å². The second kappa shape index (κ2) is 5.81. The minimum atomic E-state index is 0.0260. The van der Waals surface area contributed by atoms with Crippen molar-refractivity contribution in [1.29, 1.82) is 0 Å². The molecule has 0 radical (unpaired) electrons. The average Bonchev–Trinajstić information content (AvgIpc) is 2.87. The molecular weight excluding hydrogens is 278 g/mol. The van der Waals surface area contributed by atoms with Gasteiger partial charge in [0, 0.05) is 11.4 Å². The minimum absolute atomic E-state index is 0.0260. The summed E-state index contributed by atoms with van der Waals surface area (Å²) in [7, 11) is 1.63. The summed E-state index contributed by atoms with van der Waals surface area (Å²) in [5, 5.41) is 9.17. The van der Waals surface area contributed by atoms with Crippen molar-refractivity contribution in [3.05, 3.63) is 60.4 Å². The molecule has 0 saturated carbocycles. The fraction of sp³-hybridized carbons (Fsp3) is 0.118. The van der Waals surface area contributed by atoms with Gasteiger partial charge in [-0.25, -0.2) is 0 Å². The highest BCUT2D eigenvalue weighted by atomic mass is 16.5. The number of rotatable bonds is 5. The Labute approximate surface area is 129 Å². The maximum Gasteiger partial charge on any atom is 0.228 e. The maximum atomic E-state index is 11.4. The van der Waals surface area contributed by atoms with E-state index in [1.807, 2.05) is 42.5 Å². The molecule has 0 aromatic heterocycles. The molecule has 0 bridgehead atoms. The topological polar surface area (TPSA) is 62.4 Å². The van der Waals surface area contributed by atoms with E-state index in [4.69, 9.17) is 4.74 Å². The summed E-state index contributed by atoms with van der Waals surface area (Å²) in [6, 6.07) is 13.4. The van der Waals surface area contributed by atoms with Crippen LogP contribution in [0.15, 0.2) is 54.9 Å². The van der Waals surface area contributed by atoms with Crippen molar-refractivity contribution in [2.24, 2.45) is 0 Å². The molecule has 3 N–H and O–H groups in total. The summed E-state index contributed by atoms with van der Waals surface area (Å²) in [6.45, 7) is 3.97. The van der Waals surface area contributed by atoms with E-state index in [0.717, 1.165) is 28.4 Å². The van der Waals surface area contributed by atoms with Crippen LogP contribution in [0, 0.1) is 0 Å². The number of hydrogen-bond acceptors (Lipinski definition) is 4. The number of amides is 1. The highest BCUT2D eigenvalue weighted by Crippen LogP contribution is 2.28. The number of carbonyl (C=O) groups excluding carboxylic acids is 1. The Morgan fingerprint density at radius 2 is 2.05 bits per heavy atom. The Bertz CT molecular complexity index is 740. The third-order valence-corrected chi connectivity index (χ3v) is 3.42. The van der Waals surface area contributed by atoms with Crippen LogP contribution < -0.4 is 20.7 Å². The second-order valence-electron chi connectivity index (χ2n) is 5.03. The van der Waals surface area contributed by atoms with E-state index in [1.165, 1.54) is 0 Å².